The molecule has 0 aliphatic rings. The van der Waals surface area contributed by atoms with Gasteiger partial charge in [0.1, 0.15) is 5.82 Å². The van der Waals surface area contributed by atoms with Crippen LogP contribution in [-0.4, -0.2) is 37.1 Å². The summed E-state index contributed by atoms with van der Waals surface area (Å²) in [5, 5.41) is 3.29. The topological polar surface area (TPSA) is 76.7 Å². The lowest BCUT2D eigenvalue weighted by Crippen LogP contribution is -2.69. The van der Waals surface area contributed by atoms with E-state index >= 15 is 0 Å². The first-order chi connectivity index (χ1) is 11.0. The maximum Gasteiger partial charge on any atom is 0.442 e. The van der Waals surface area contributed by atoms with Crippen LogP contribution in [0.3, 0.4) is 0 Å². The van der Waals surface area contributed by atoms with E-state index < -0.39 is 35.8 Å². The van der Waals surface area contributed by atoms with Crippen LogP contribution in [0.25, 0.3) is 0 Å². The van der Waals surface area contributed by atoms with Gasteiger partial charge in [0.05, 0.1) is 13.2 Å². The van der Waals surface area contributed by atoms with Crippen molar-refractivity contribution in [2.45, 2.75) is 31.8 Å². The molecule has 1 amide bonds. The van der Waals surface area contributed by atoms with Crippen LogP contribution in [0, 0.1) is 5.82 Å². The van der Waals surface area contributed by atoms with Gasteiger partial charge in [-0.15, -0.1) is 0 Å². The second-order valence-corrected chi connectivity index (χ2v) is 4.95. The third kappa shape index (κ3) is 4.49. The Morgan fingerprint density at radius 1 is 1.12 bits per heavy atom. The number of halogens is 4. The Balaban J connectivity index is 3.28. The zero-order valence-corrected chi connectivity index (χ0v) is 13.0. The predicted octanol–water partition coefficient (Wildman–Crippen LogP) is 2.80. The molecule has 2 N–H and O–H groups in total. The average molecular weight is 352 g/mol. The van der Waals surface area contributed by atoms with Crippen molar-refractivity contribution in [3.05, 3.63) is 30.1 Å². The first-order valence-corrected chi connectivity index (χ1v) is 6.69. The molecule has 0 radical (unpaired) electrons. The van der Waals surface area contributed by atoms with Gasteiger partial charge in [-0.2, -0.15) is 13.2 Å². The normalized spacial score (nSPS) is 13.8. The SMILES string of the molecule is COC(=O)[C@](NC(=O)OC(C)C)(Nc1ccc(F)cc1)C(F)(F)F. The van der Waals surface area contributed by atoms with Crippen LogP contribution in [0.4, 0.5) is 28.0 Å². The summed E-state index contributed by atoms with van der Waals surface area (Å²) in [6.45, 7) is 2.83. The summed E-state index contributed by atoms with van der Waals surface area (Å²) in [6.07, 6.45) is -7.49. The van der Waals surface area contributed by atoms with Gasteiger partial charge >= 0.3 is 23.9 Å². The van der Waals surface area contributed by atoms with Crippen LogP contribution in [0.15, 0.2) is 24.3 Å². The van der Waals surface area contributed by atoms with Crippen molar-refractivity contribution >= 4 is 17.7 Å². The van der Waals surface area contributed by atoms with Crippen molar-refractivity contribution in [2.24, 2.45) is 0 Å². The highest BCUT2D eigenvalue weighted by atomic mass is 19.4. The molecule has 0 bridgehead atoms. The summed E-state index contributed by atoms with van der Waals surface area (Å²) >= 11 is 0. The summed E-state index contributed by atoms with van der Waals surface area (Å²) in [4.78, 5) is 23.5. The Kier molecular flexibility index (Phi) is 5.99. The maximum atomic E-state index is 13.6. The number of rotatable bonds is 5. The highest BCUT2D eigenvalue weighted by Gasteiger charge is 2.64. The van der Waals surface area contributed by atoms with Gasteiger partial charge in [0.15, 0.2) is 0 Å². The number of carbonyl (C=O) groups excluding carboxylic acids is 2. The van der Waals surface area contributed by atoms with Crippen LogP contribution in [0.2, 0.25) is 0 Å². The van der Waals surface area contributed by atoms with E-state index in [0.29, 0.717) is 0 Å². The number of anilines is 1. The predicted molar refractivity (Wildman–Crippen MR) is 75.6 cm³/mol. The number of amides is 1. The zero-order chi connectivity index (χ0) is 18.5. The van der Waals surface area contributed by atoms with Crippen LogP contribution in [0.1, 0.15) is 13.8 Å². The van der Waals surface area contributed by atoms with Crippen molar-refractivity contribution < 1.29 is 36.6 Å². The molecule has 0 saturated heterocycles. The van der Waals surface area contributed by atoms with Crippen LogP contribution < -0.4 is 10.6 Å². The molecule has 1 atom stereocenters. The molecule has 0 fully saturated rings. The quantitative estimate of drug-likeness (QED) is 0.484. The average Bonchev–Trinajstić information content (AvgIpc) is 2.45. The number of nitrogens with one attached hydrogen (secondary N) is 2. The number of ether oxygens (including phenoxy) is 2. The van der Waals surface area contributed by atoms with E-state index in [0.717, 1.165) is 31.4 Å². The third-order valence-electron chi connectivity index (χ3n) is 2.73. The van der Waals surface area contributed by atoms with Crippen molar-refractivity contribution in [1.29, 1.82) is 0 Å². The molecule has 1 rings (SSSR count). The Hall–Kier alpha value is -2.52. The lowest BCUT2D eigenvalue weighted by atomic mass is 10.1. The molecule has 0 heterocycles. The summed E-state index contributed by atoms with van der Waals surface area (Å²) in [6, 6.07) is 3.70. The molecule has 0 aliphatic carbocycles. The van der Waals surface area contributed by atoms with E-state index in [2.05, 4.69) is 9.47 Å². The molecule has 0 saturated carbocycles. The van der Waals surface area contributed by atoms with Crippen molar-refractivity contribution in [2.75, 3.05) is 12.4 Å². The highest BCUT2D eigenvalue weighted by Crippen LogP contribution is 2.33. The number of esters is 1. The largest absolute Gasteiger partial charge is 0.466 e. The van der Waals surface area contributed by atoms with E-state index in [1.54, 1.807) is 0 Å². The van der Waals surface area contributed by atoms with Crippen molar-refractivity contribution in [1.82, 2.24) is 5.32 Å². The van der Waals surface area contributed by atoms with Crippen LogP contribution >= 0.6 is 0 Å². The number of alkyl carbamates (subject to hydrolysis) is 1. The zero-order valence-electron chi connectivity index (χ0n) is 13.0. The molecule has 0 unspecified atom stereocenters. The lowest BCUT2D eigenvalue weighted by Gasteiger charge is -2.34. The van der Waals surface area contributed by atoms with Gasteiger partial charge in [-0.25, -0.2) is 14.0 Å². The Labute approximate surface area is 135 Å². The summed E-state index contributed by atoms with van der Waals surface area (Å²) in [5.41, 5.74) is -3.88. The lowest BCUT2D eigenvalue weighted by molar-refractivity contribution is -0.204. The fraction of sp³-hybridized carbons (Fsp3) is 0.429. The van der Waals surface area contributed by atoms with Crippen molar-refractivity contribution in [3.63, 3.8) is 0 Å². The van der Waals surface area contributed by atoms with E-state index in [-0.39, 0.29) is 5.69 Å². The van der Waals surface area contributed by atoms with Gasteiger partial charge in [-0.05, 0) is 38.1 Å². The van der Waals surface area contributed by atoms with Crippen LogP contribution in [-0.2, 0) is 14.3 Å². The van der Waals surface area contributed by atoms with E-state index in [1.807, 2.05) is 5.32 Å². The molecule has 0 aliphatic heterocycles. The Morgan fingerprint density at radius 3 is 2.08 bits per heavy atom. The van der Waals surface area contributed by atoms with Gasteiger partial charge in [-0.1, -0.05) is 0 Å². The van der Waals surface area contributed by atoms with Crippen LogP contribution in [0.5, 0.6) is 0 Å². The summed E-state index contributed by atoms with van der Waals surface area (Å²) in [7, 11) is 0.727. The summed E-state index contributed by atoms with van der Waals surface area (Å²) in [5.74, 6) is -2.51. The molecular weight excluding hydrogens is 336 g/mol. The fourth-order valence-electron chi connectivity index (χ4n) is 1.69. The molecule has 24 heavy (non-hydrogen) atoms. The number of benzene rings is 1. The van der Waals surface area contributed by atoms with Gasteiger partial charge in [0.2, 0.25) is 0 Å². The molecule has 1 aromatic carbocycles. The van der Waals surface area contributed by atoms with Gasteiger partial charge in [0, 0.05) is 5.69 Å². The minimum absolute atomic E-state index is 0.274. The molecule has 0 aromatic heterocycles. The first kappa shape index (κ1) is 19.5. The molecule has 6 nitrogen and oxygen atoms in total. The maximum absolute atomic E-state index is 13.6. The number of alkyl halides is 3. The first-order valence-electron chi connectivity index (χ1n) is 6.69. The number of methoxy groups -OCH3 is 1. The molecule has 134 valence electrons. The molecule has 0 spiro atoms. The number of hydrogen-bond acceptors (Lipinski definition) is 5. The smallest absolute Gasteiger partial charge is 0.442 e. The van der Waals surface area contributed by atoms with E-state index in [9.17, 15) is 27.2 Å². The second kappa shape index (κ2) is 7.37. The minimum atomic E-state index is -5.29. The molecule has 1 aromatic rings. The third-order valence-corrected chi connectivity index (χ3v) is 2.73. The standard InChI is InChI=1S/C14H16F4N2O4/c1-8(2)24-12(22)20-13(11(21)23-3,14(16,17)18)19-10-6-4-9(15)5-7-10/h4-8,19H,1-3H3,(H,20,22)/t13-/m1/s1. The van der Waals surface area contributed by atoms with Gasteiger partial charge in [-0.3, -0.25) is 5.32 Å². The van der Waals surface area contributed by atoms with E-state index in [1.165, 1.54) is 19.2 Å². The summed E-state index contributed by atoms with van der Waals surface area (Å²) < 4.78 is 62.4. The Bertz CT molecular complexity index is 589. The fourth-order valence-corrected chi connectivity index (χ4v) is 1.69. The van der Waals surface area contributed by atoms with E-state index in [4.69, 9.17) is 0 Å². The highest BCUT2D eigenvalue weighted by molar-refractivity contribution is 5.89. The second-order valence-electron chi connectivity index (χ2n) is 4.95. The monoisotopic (exact) mass is 352 g/mol. The number of carbonyl (C=O) groups is 2. The molecule has 10 heteroatoms. The Morgan fingerprint density at radius 2 is 1.67 bits per heavy atom. The molecular formula is C14H16F4N2O4. The number of hydrogen-bond donors (Lipinski definition) is 2. The van der Waals surface area contributed by atoms with Gasteiger partial charge in [0.25, 0.3) is 0 Å². The minimum Gasteiger partial charge on any atom is -0.466 e. The van der Waals surface area contributed by atoms with Gasteiger partial charge < -0.3 is 14.8 Å². The van der Waals surface area contributed by atoms with Crippen molar-refractivity contribution in [3.8, 4) is 0 Å².